The van der Waals surface area contributed by atoms with E-state index >= 15 is 0 Å². The third-order valence-corrected chi connectivity index (χ3v) is 4.50. The summed E-state index contributed by atoms with van der Waals surface area (Å²) in [7, 11) is 0. The molecule has 2 aliphatic carbocycles. The van der Waals surface area contributed by atoms with Crippen molar-refractivity contribution in [3.05, 3.63) is 29.3 Å². The molecule has 2 aliphatic rings. The number of ether oxygens (including phenoxy) is 1. The first-order chi connectivity index (χ1) is 8.86. The van der Waals surface area contributed by atoms with Crippen LogP contribution in [-0.4, -0.2) is 12.6 Å². The highest BCUT2D eigenvalue weighted by atomic mass is 16.5. The number of rotatable bonds is 3. The molecular weight excluding hydrogens is 222 g/mol. The van der Waals surface area contributed by atoms with Crippen molar-refractivity contribution in [3.8, 4) is 5.75 Å². The topological polar surface area (TPSA) is 35.2 Å². The Morgan fingerprint density at radius 3 is 2.78 bits per heavy atom. The van der Waals surface area contributed by atoms with Gasteiger partial charge in [-0.05, 0) is 68.3 Å². The minimum absolute atomic E-state index is 0.336. The Hall–Kier alpha value is -1.02. The molecule has 3 rings (SSSR count). The molecule has 2 unspecified atom stereocenters. The van der Waals surface area contributed by atoms with Crippen LogP contribution in [0, 0.1) is 5.92 Å². The molecular formula is C16H23NO. The average molecular weight is 245 g/mol. The van der Waals surface area contributed by atoms with Crippen LogP contribution in [0.2, 0.25) is 0 Å². The van der Waals surface area contributed by atoms with E-state index in [4.69, 9.17) is 10.5 Å². The smallest absolute Gasteiger partial charge is 0.120 e. The summed E-state index contributed by atoms with van der Waals surface area (Å²) >= 11 is 0. The average Bonchev–Trinajstić information content (AvgIpc) is 2.87. The maximum absolute atomic E-state index is 6.20. The van der Waals surface area contributed by atoms with Crippen molar-refractivity contribution in [2.24, 2.45) is 11.7 Å². The van der Waals surface area contributed by atoms with Gasteiger partial charge in [0, 0.05) is 5.92 Å². The van der Waals surface area contributed by atoms with Gasteiger partial charge in [0.15, 0.2) is 0 Å². The highest BCUT2D eigenvalue weighted by Gasteiger charge is 2.25. The van der Waals surface area contributed by atoms with Gasteiger partial charge in [0.1, 0.15) is 11.9 Å². The van der Waals surface area contributed by atoms with Crippen molar-refractivity contribution in [2.75, 3.05) is 6.54 Å². The van der Waals surface area contributed by atoms with E-state index < -0.39 is 0 Å². The molecule has 0 amide bonds. The summed E-state index contributed by atoms with van der Waals surface area (Å²) in [6.45, 7) is 0.760. The van der Waals surface area contributed by atoms with Gasteiger partial charge in [0.2, 0.25) is 0 Å². The molecule has 1 aromatic rings. The predicted octanol–water partition coefficient (Wildman–Crippen LogP) is 3.07. The van der Waals surface area contributed by atoms with Gasteiger partial charge in [-0.3, -0.25) is 0 Å². The standard InChI is InChI=1S/C16H23NO/c17-11-14-4-1-2-7-16(14)18-15-9-8-12-5-3-6-13(12)10-15/h8-10,14,16H,1-7,11,17H2. The fourth-order valence-electron chi connectivity index (χ4n) is 3.39. The van der Waals surface area contributed by atoms with E-state index in [9.17, 15) is 0 Å². The van der Waals surface area contributed by atoms with Crippen LogP contribution in [0.25, 0.3) is 0 Å². The summed E-state index contributed by atoms with van der Waals surface area (Å²) < 4.78 is 6.20. The number of nitrogens with two attached hydrogens (primary N) is 1. The highest BCUT2D eigenvalue weighted by molar-refractivity contribution is 5.38. The quantitative estimate of drug-likeness (QED) is 0.888. The van der Waals surface area contributed by atoms with Gasteiger partial charge in [-0.15, -0.1) is 0 Å². The van der Waals surface area contributed by atoms with Crippen LogP contribution in [0.1, 0.15) is 43.2 Å². The lowest BCUT2D eigenvalue weighted by Gasteiger charge is -2.31. The first-order valence-corrected chi connectivity index (χ1v) is 7.35. The summed E-state index contributed by atoms with van der Waals surface area (Å²) in [6, 6.07) is 6.65. The monoisotopic (exact) mass is 245 g/mol. The molecule has 1 aromatic carbocycles. The normalized spacial score (nSPS) is 26.9. The van der Waals surface area contributed by atoms with E-state index in [0.717, 1.165) is 12.3 Å². The molecule has 1 fully saturated rings. The SMILES string of the molecule is NCC1CCCCC1Oc1ccc2c(c1)CCC2. The third kappa shape index (κ3) is 2.39. The molecule has 0 saturated heterocycles. The lowest BCUT2D eigenvalue weighted by atomic mass is 9.86. The summed E-state index contributed by atoms with van der Waals surface area (Å²) in [5.74, 6) is 1.60. The Morgan fingerprint density at radius 1 is 1.06 bits per heavy atom. The molecule has 1 saturated carbocycles. The Labute approximate surface area is 110 Å². The second kappa shape index (κ2) is 5.31. The van der Waals surface area contributed by atoms with E-state index in [-0.39, 0.29) is 0 Å². The van der Waals surface area contributed by atoms with Crippen LogP contribution in [0.4, 0.5) is 0 Å². The molecule has 0 radical (unpaired) electrons. The molecule has 2 atom stereocenters. The fourth-order valence-corrected chi connectivity index (χ4v) is 3.39. The summed E-state index contributed by atoms with van der Waals surface area (Å²) in [4.78, 5) is 0. The second-order valence-corrected chi connectivity index (χ2v) is 5.72. The van der Waals surface area contributed by atoms with Crippen molar-refractivity contribution >= 4 is 0 Å². The zero-order valence-corrected chi connectivity index (χ0v) is 11.0. The maximum atomic E-state index is 6.20. The molecule has 0 aliphatic heterocycles. The number of fused-ring (bicyclic) bond motifs is 1. The van der Waals surface area contributed by atoms with Crippen molar-refractivity contribution in [3.63, 3.8) is 0 Å². The zero-order valence-electron chi connectivity index (χ0n) is 11.0. The summed E-state index contributed by atoms with van der Waals surface area (Å²) in [5.41, 5.74) is 8.87. The zero-order chi connectivity index (χ0) is 12.4. The van der Waals surface area contributed by atoms with Gasteiger partial charge in [-0.25, -0.2) is 0 Å². The van der Waals surface area contributed by atoms with Crippen molar-refractivity contribution < 1.29 is 4.74 Å². The van der Waals surface area contributed by atoms with Crippen LogP contribution < -0.4 is 10.5 Å². The van der Waals surface area contributed by atoms with Crippen LogP contribution in [-0.2, 0) is 12.8 Å². The minimum Gasteiger partial charge on any atom is -0.490 e. The van der Waals surface area contributed by atoms with Gasteiger partial charge in [0.25, 0.3) is 0 Å². The first kappa shape index (κ1) is 12.0. The Kier molecular flexibility index (Phi) is 3.55. The molecule has 2 N–H and O–H groups in total. The van der Waals surface area contributed by atoms with E-state index in [2.05, 4.69) is 18.2 Å². The van der Waals surface area contributed by atoms with Crippen molar-refractivity contribution in [1.29, 1.82) is 0 Å². The molecule has 0 spiro atoms. The molecule has 2 nitrogen and oxygen atoms in total. The Balaban J connectivity index is 1.71. The van der Waals surface area contributed by atoms with Gasteiger partial charge in [0.05, 0.1) is 0 Å². The van der Waals surface area contributed by atoms with Crippen LogP contribution in [0.15, 0.2) is 18.2 Å². The second-order valence-electron chi connectivity index (χ2n) is 5.72. The van der Waals surface area contributed by atoms with Gasteiger partial charge in [-0.1, -0.05) is 12.5 Å². The molecule has 0 bridgehead atoms. The minimum atomic E-state index is 0.336. The fraction of sp³-hybridized carbons (Fsp3) is 0.625. The van der Waals surface area contributed by atoms with Gasteiger partial charge >= 0.3 is 0 Å². The molecule has 0 aromatic heterocycles. The first-order valence-electron chi connectivity index (χ1n) is 7.35. The van der Waals surface area contributed by atoms with Gasteiger partial charge in [-0.2, -0.15) is 0 Å². The number of hydrogen-bond acceptors (Lipinski definition) is 2. The predicted molar refractivity (Wildman–Crippen MR) is 73.9 cm³/mol. The lowest BCUT2D eigenvalue weighted by molar-refractivity contribution is 0.0969. The van der Waals surface area contributed by atoms with E-state index in [0.29, 0.717) is 12.0 Å². The lowest BCUT2D eigenvalue weighted by Crippen LogP contribution is -2.35. The maximum Gasteiger partial charge on any atom is 0.120 e. The third-order valence-electron chi connectivity index (χ3n) is 4.50. The van der Waals surface area contributed by atoms with Gasteiger partial charge < -0.3 is 10.5 Å². The van der Waals surface area contributed by atoms with Crippen LogP contribution in [0.3, 0.4) is 0 Å². The van der Waals surface area contributed by atoms with Crippen molar-refractivity contribution in [2.45, 2.75) is 51.0 Å². The van der Waals surface area contributed by atoms with Crippen LogP contribution >= 0.6 is 0 Å². The summed E-state index contributed by atoms with van der Waals surface area (Å²) in [6.07, 6.45) is 9.09. The Bertz CT molecular complexity index is 416. The van der Waals surface area contributed by atoms with Crippen LogP contribution in [0.5, 0.6) is 5.75 Å². The molecule has 0 heterocycles. The summed E-state index contributed by atoms with van der Waals surface area (Å²) in [5, 5.41) is 0. The van der Waals surface area contributed by atoms with E-state index in [1.807, 2.05) is 0 Å². The number of aryl methyl sites for hydroxylation is 2. The number of benzene rings is 1. The largest absolute Gasteiger partial charge is 0.490 e. The van der Waals surface area contributed by atoms with E-state index in [1.54, 1.807) is 0 Å². The Morgan fingerprint density at radius 2 is 1.89 bits per heavy atom. The highest BCUT2D eigenvalue weighted by Crippen LogP contribution is 2.30. The van der Waals surface area contributed by atoms with Crippen molar-refractivity contribution in [1.82, 2.24) is 0 Å². The van der Waals surface area contributed by atoms with E-state index in [1.165, 1.54) is 56.1 Å². The molecule has 2 heteroatoms. The molecule has 18 heavy (non-hydrogen) atoms. The molecule has 98 valence electrons. The number of hydrogen-bond donors (Lipinski definition) is 1.